The number of unbranched alkanes of at least 4 members (excludes halogenated alkanes) is 2. The standard InChI is InChI=1S/C31H51N3O5/c1-8-13-14-20-33(19-11-4)29(38)26-31-16-15-30(12-5,39-31)24(27(36)32(17-9-2)18-10-3)25(31)28(37)34(26)23(21-35)22(6)7/h9,11,22-26,35H,2,4,8,10,12-21H2,1,3,5-7H3/t23-,24-,25-,26?,30+,31?/m0/s1. The second-order valence-electron chi connectivity index (χ2n) is 11.9. The summed E-state index contributed by atoms with van der Waals surface area (Å²) in [5.74, 6) is -2.02. The molecule has 0 aromatic rings. The highest BCUT2D eigenvalue weighted by molar-refractivity contribution is 5.99. The molecular formula is C31H51N3O5. The number of fused-ring (bicyclic) bond motifs is 1. The van der Waals surface area contributed by atoms with Crippen molar-refractivity contribution in [3.63, 3.8) is 0 Å². The van der Waals surface area contributed by atoms with Crippen LogP contribution in [0.1, 0.15) is 79.6 Å². The minimum atomic E-state index is -1.09. The number of likely N-dealkylation sites (tertiary alicyclic amines) is 1. The number of aliphatic hydroxyl groups excluding tert-OH is 1. The van der Waals surface area contributed by atoms with Crippen LogP contribution in [0.5, 0.6) is 0 Å². The summed E-state index contributed by atoms with van der Waals surface area (Å²) >= 11 is 0. The molecule has 39 heavy (non-hydrogen) atoms. The van der Waals surface area contributed by atoms with Crippen molar-refractivity contribution in [1.82, 2.24) is 14.7 Å². The third-order valence-corrected chi connectivity index (χ3v) is 9.28. The summed E-state index contributed by atoms with van der Waals surface area (Å²) in [5.41, 5.74) is -1.88. The number of carbonyl (C=O) groups excluding carboxylic acids is 3. The van der Waals surface area contributed by atoms with Crippen LogP contribution in [0, 0.1) is 17.8 Å². The van der Waals surface area contributed by atoms with Crippen LogP contribution in [0.3, 0.4) is 0 Å². The number of hydrogen-bond acceptors (Lipinski definition) is 5. The molecule has 0 radical (unpaired) electrons. The minimum Gasteiger partial charge on any atom is -0.394 e. The number of aliphatic hydroxyl groups is 1. The first-order chi connectivity index (χ1) is 18.6. The van der Waals surface area contributed by atoms with E-state index in [-0.39, 0.29) is 30.2 Å². The molecule has 3 fully saturated rings. The maximum Gasteiger partial charge on any atom is 0.248 e. The number of carbonyl (C=O) groups is 3. The van der Waals surface area contributed by atoms with Crippen molar-refractivity contribution in [1.29, 1.82) is 0 Å². The van der Waals surface area contributed by atoms with Crippen molar-refractivity contribution in [2.45, 2.75) is 103 Å². The minimum absolute atomic E-state index is 0.0822. The first-order valence-corrected chi connectivity index (χ1v) is 15.1. The van der Waals surface area contributed by atoms with Crippen molar-refractivity contribution >= 4 is 17.7 Å². The molecule has 6 atom stereocenters. The fourth-order valence-corrected chi connectivity index (χ4v) is 7.37. The second kappa shape index (κ2) is 13.0. The smallest absolute Gasteiger partial charge is 0.248 e. The summed E-state index contributed by atoms with van der Waals surface area (Å²) in [6.07, 6.45) is 8.86. The van der Waals surface area contributed by atoms with E-state index in [1.165, 1.54) is 0 Å². The van der Waals surface area contributed by atoms with Crippen LogP contribution in [-0.4, -0.2) is 93.6 Å². The lowest BCUT2D eigenvalue weighted by Crippen LogP contribution is -2.59. The van der Waals surface area contributed by atoms with Gasteiger partial charge in [0.25, 0.3) is 0 Å². The van der Waals surface area contributed by atoms with Gasteiger partial charge >= 0.3 is 0 Å². The van der Waals surface area contributed by atoms with Gasteiger partial charge in [-0.1, -0.05) is 59.6 Å². The molecule has 2 unspecified atom stereocenters. The third-order valence-electron chi connectivity index (χ3n) is 9.28. The molecule has 3 saturated heterocycles. The van der Waals surface area contributed by atoms with E-state index in [9.17, 15) is 19.5 Å². The van der Waals surface area contributed by atoms with E-state index < -0.39 is 35.1 Å². The van der Waals surface area contributed by atoms with E-state index in [2.05, 4.69) is 20.1 Å². The summed E-state index contributed by atoms with van der Waals surface area (Å²) < 4.78 is 6.93. The van der Waals surface area contributed by atoms with Gasteiger partial charge in [-0.05, 0) is 38.0 Å². The highest BCUT2D eigenvalue weighted by Crippen LogP contribution is 2.65. The Bertz CT molecular complexity index is 922. The summed E-state index contributed by atoms with van der Waals surface area (Å²) in [7, 11) is 0. The van der Waals surface area contributed by atoms with Gasteiger partial charge in [-0.15, -0.1) is 13.2 Å². The Hall–Kier alpha value is -2.19. The van der Waals surface area contributed by atoms with Crippen LogP contribution in [0.15, 0.2) is 25.3 Å². The second-order valence-corrected chi connectivity index (χ2v) is 11.9. The van der Waals surface area contributed by atoms with Gasteiger partial charge in [0, 0.05) is 26.2 Å². The number of rotatable bonds is 16. The van der Waals surface area contributed by atoms with Crippen LogP contribution in [-0.2, 0) is 19.1 Å². The Morgan fingerprint density at radius 3 is 2.21 bits per heavy atom. The summed E-state index contributed by atoms with van der Waals surface area (Å²) in [5, 5.41) is 10.5. The van der Waals surface area contributed by atoms with E-state index in [1.54, 1.807) is 26.9 Å². The Labute approximate surface area is 235 Å². The average Bonchev–Trinajstić information content (AvgIpc) is 3.51. The number of ether oxygens (including phenoxy) is 1. The Balaban J connectivity index is 2.15. The summed E-state index contributed by atoms with van der Waals surface area (Å²) in [4.78, 5) is 48.3. The first-order valence-electron chi connectivity index (χ1n) is 15.1. The van der Waals surface area contributed by atoms with Crippen molar-refractivity contribution in [2.75, 3.05) is 32.8 Å². The largest absolute Gasteiger partial charge is 0.394 e. The van der Waals surface area contributed by atoms with Gasteiger partial charge < -0.3 is 24.5 Å². The maximum absolute atomic E-state index is 14.5. The van der Waals surface area contributed by atoms with E-state index in [4.69, 9.17) is 4.74 Å². The van der Waals surface area contributed by atoms with Gasteiger partial charge in [0.1, 0.15) is 11.6 Å². The van der Waals surface area contributed by atoms with Gasteiger partial charge in [0.2, 0.25) is 17.7 Å². The molecule has 8 nitrogen and oxygen atoms in total. The highest BCUT2D eigenvalue weighted by Gasteiger charge is 2.79. The molecule has 0 aliphatic carbocycles. The van der Waals surface area contributed by atoms with Crippen LogP contribution >= 0.6 is 0 Å². The molecule has 3 aliphatic rings. The molecule has 2 bridgehead atoms. The molecule has 0 aromatic heterocycles. The highest BCUT2D eigenvalue weighted by atomic mass is 16.5. The Morgan fingerprint density at radius 1 is 1.05 bits per heavy atom. The van der Waals surface area contributed by atoms with Crippen molar-refractivity contribution in [3.05, 3.63) is 25.3 Å². The van der Waals surface area contributed by atoms with Crippen LogP contribution in [0.2, 0.25) is 0 Å². The lowest BCUT2D eigenvalue weighted by atomic mass is 9.64. The van der Waals surface area contributed by atoms with Crippen molar-refractivity contribution in [3.8, 4) is 0 Å². The topological polar surface area (TPSA) is 90.4 Å². The summed E-state index contributed by atoms with van der Waals surface area (Å²) in [6, 6.07) is -1.44. The SMILES string of the molecule is C=CCN(CCCCC)C(=O)C1N([C@@H](CO)C(C)C)C(=O)[C@@H]2[C@@H](C(=O)N(CC=C)CCC)[C@@]3(CC)CCC12O3. The monoisotopic (exact) mass is 545 g/mol. The lowest BCUT2D eigenvalue weighted by molar-refractivity contribution is -0.159. The fraction of sp³-hybridized carbons (Fsp3) is 0.774. The zero-order valence-electron chi connectivity index (χ0n) is 24.9. The number of hydrogen-bond donors (Lipinski definition) is 1. The van der Waals surface area contributed by atoms with Crippen LogP contribution in [0.25, 0.3) is 0 Å². The molecule has 3 aliphatic heterocycles. The molecule has 3 amide bonds. The molecule has 0 aromatic carbocycles. The Morgan fingerprint density at radius 2 is 1.69 bits per heavy atom. The summed E-state index contributed by atoms with van der Waals surface area (Å²) in [6.45, 7) is 19.4. The van der Waals surface area contributed by atoms with Crippen LogP contribution < -0.4 is 0 Å². The molecule has 220 valence electrons. The fourth-order valence-electron chi connectivity index (χ4n) is 7.37. The normalized spacial score (nSPS) is 30.0. The van der Waals surface area contributed by atoms with Gasteiger partial charge in [-0.2, -0.15) is 0 Å². The van der Waals surface area contributed by atoms with E-state index >= 15 is 0 Å². The quantitative estimate of drug-likeness (QED) is 0.235. The molecule has 1 spiro atoms. The molecular weight excluding hydrogens is 494 g/mol. The van der Waals surface area contributed by atoms with Gasteiger partial charge in [0.15, 0.2) is 0 Å². The van der Waals surface area contributed by atoms with E-state index in [0.717, 1.165) is 25.7 Å². The Kier molecular flexibility index (Phi) is 10.4. The lowest BCUT2D eigenvalue weighted by Gasteiger charge is -2.40. The van der Waals surface area contributed by atoms with Gasteiger partial charge in [0.05, 0.1) is 30.1 Å². The van der Waals surface area contributed by atoms with Gasteiger partial charge in [-0.3, -0.25) is 14.4 Å². The zero-order chi connectivity index (χ0) is 29.0. The molecule has 0 saturated carbocycles. The van der Waals surface area contributed by atoms with Crippen molar-refractivity contribution < 1.29 is 24.2 Å². The van der Waals surface area contributed by atoms with E-state index in [0.29, 0.717) is 45.4 Å². The predicted octanol–water partition coefficient (Wildman–Crippen LogP) is 3.79. The van der Waals surface area contributed by atoms with E-state index in [1.807, 2.05) is 27.7 Å². The average molecular weight is 546 g/mol. The number of nitrogens with zero attached hydrogens (tertiary/aromatic N) is 3. The van der Waals surface area contributed by atoms with Crippen molar-refractivity contribution in [2.24, 2.45) is 17.8 Å². The molecule has 3 heterocycles. The van der Waals surface area contributed by atoms with Crippen LogP contribution in [0.4, 0.5) is 0 Å². The third kappa shape index (κ3) is 5.31. The zero-order valence-corrected chi connectivity index (χ0v) is 24.9. The molecule has 1 N–H and O–H groups in total. The molecule has 8 heteroatoms. The van der Waals surface area contributed by atoms with Gasteiger partial charge in [-0.25, -0.2) is 0 Å². The number of amides is 3. The first kappa shape index (κ1) is 31.3. The predicted molar refractivity (Wildman–Crippen MR) is 153 cm³/mol. The maximum atomic E-state index is 14.5. The molecule has 3 rings (SSSR count).